The minimum atomic E-state index is -3.87. The molecule has 5 aliphatic rings. The van der Waals surface area contributed by atoms with E-state index >= 15 is 0 Å². The van der Waals surface area contributed by atoms with Crippen LogP contribution in [0.4, 0.5) is 4.79 Å². The number of nitrogens with zero attached hydrogens (tertiary/aromatic N) is 2. The molecule has 1 aromatic rings. The van der Waals surface area contributed by atoms with E-state index < -0.39 is 68.7 Å². The van der Waals surface area contributed by atoms with E-state index in [4.69, 9.17) is 14.3 Å². The molecule has 2 aliphatic heterocycles. The van der Waals surface area contributed by atoms with Gasteiger partial charge in [0.1, 0.15) is 35.5 Å². The highest BCUT2D eigenvalue weighted by Crippen LogP contribution is 2.46. The Morgan fingerprint density at radius 3 is 2.47 bits per heavy atom. The van der Waals surface area contributed by atoms with E-state index in [1.165, 1.54) is 4.90 Å². The average Bonchev–Trinajstić information content (AvgIpc) is 3.98. The Morgan fingerprint density at radius 1 is 1.00 bits per heavy atom. The maximum Gasteiger partial charge on any atom is 0.408 e. The van der Waals surface area contributed by atoms with Crippen LogP contribution in [0.15, 0.2) is 47.6 Å². The SMILES string of the molecule is COC/C(=N\O[C@@H]1C[C@H]2C(=O)N[C@@]3(C(=O)NS(=O)(=O)C4CC4)C[C@H]3/C=C\CCCCC[C@H](NC(=O)OC3CCCC3)C(=O)N2C1)c1ccccc1. The number of sulfonamides is 1. The fraction of sp³-hybridized carbons (Fsp3) is 0.639. The zero-order chi connectivity index (χ0) is 36.0. The Balaban J connectivity index is 1.26. The van der Waals surface area contributed by atoms with E-state index in [0.717, 1.165) is 44.1 Å². The molecule has 278 valence electrons. The van der Waals surface area contributed by atoms with Crippen LogP contribution < -0.4 is 15.4 Å². The third-order valence-electron chi connectivity index (χ3n) is 10.4. The van der Waals surface area contributed by atoms with Crippen molar-refractivity contribution in [3.8, 4) is 0 Å². The first kappa shape index (κ1) is 36.8. The van der Waals surface area contributed by atoms with Crippen molar-refractivity contribution in [3.05, 3.63) is 48.0 Å². The molecule has 51 heavy (non-hydrogen) atoms. The standard InChI is InChI=1S/C36H49N5O9S/c1-48-23-30(24-12-6-5-7-13-24)39-50-27-20-31-32(42)38-36(34(44)40-51(46,47)28-18-19-28)21-25(36)14-8-3-2-4-9-17-29(33(43)41(31)22-27)37-35(45)49-26-15-10-11-16-26/h5-8,12-14,25-29,31H,2-4,9-11,15-23H2,1H3,(H,37,45)(H,38,42)(H,40,44)/b14-8-,39-30+/t25-,27-,29+,31+,36+/m1/s1. The molecule has 0 spiro atoms. The number of benzene rings is 1. The van der Waals surface area contributed by atoms with Crippen LogP contribution in [0.3, 0.4) is 0 Å². The first-order valence-electron chi connectivity index (χ1n) is 18.2. The normalized spacial score (nSPS) is 29.8. The van der Waals surface area contributed by atoms with Gasteiger partial charge in [-0.15, -0.1) is 0 Å². The smallest absolute Gasteiger partial charge is 0.408 e. The van der Waals surface area contributed by atoms with Crippen LogP contribution in [-0.2, 0) is 38.7 Å². The van der Waals surface area contributed by atoms with Crippen molar-refractivity contribution in [3.63, 3.8) is 0 Å². The molecule has 0 bridgehead atoms. The molecule has 3 N–H and O–H groups in total. The van der Waals surface area contributed by atoms with Gasteiger partial charge >= 0.3 is 6.09 Å². The van der Waals surface area contributed by atoms with Gasteiger partial charge in [-0.1, -0.05) is 60.5 Å². The quantitative estimate of drug-likeness (QED) is 0.185. The number of ether oxygens (including phenoxy) is 2. The van der Waals surface area contributed by atoms with E-state index in [-0.39, 0.29) is 32.1 Å². The van der Waals surface area contributed by atoms with E-state index in [1.807, 2.05) is 42.5 Å². The number of allylic oxidation sites excluding steroid dienone is 1. The number of alkyl carbamates (subject to hydrolysis) is 1. The number of hydrogen-bond donors (Lipinski definition) is 3. The second kappa shape index (κ2) is 16.1. The molecule has 3 aliphatic carbocycles. The lowest BCUT2D eigenvalue weighted by Crippen LogP contribution is -2.58. The van der Waals surface area contributed by atoms with Crippen molar-refractivity contribution in [2.75, 3.05) is 20.3 Å². The molecule has 0 aromatic heterocycles. The van der Waals surface area contributed by atoms with Gasteiger partial charge in [-0.3, -0.25) is 19.1 Å². The molecule has 1 saturated heterocycles. The highest BCUT2D eigenvalue weighted by Gasteiger charge is 2.62. The fourth-order valence-electron chi connectivity index (χ4n) is 7.24. The highest BCUT2D eigenvalue weighted by molar-refractivity contribution is 7.91. The Labute approximate surface area is 299 Å². The molecule has 4 fully saturated rings. The van der Waals surface area contributed by atoms with Crippen LogP contribution in [0.1, 0.15) is 89.0 Å². The second-order valence-corrected chi connectivity index (χ2v) is 16.3. The zero-order valence-electron chi connectivity index (χ0n) is 29.1. The van der Waals surface area contributed by atoms with Gasteiger partial charge < -0.3 is 29.8 Å². The molecule has 0 radical (unpaired) electrons. The van der Waals surface area contributed by atoms with Crippen molar-refractivity contribution in [1.82, 2.24) is 20.3 Å². The fourth-order valence-corrected chi connectivity index (χ4v) is 8.60. The topological polar surface area (TPSA) is 182 Å². The average molecular weight is 728 g/mol. The molecule has 14 nitrogen and oxygen atoms in total. The van der Waals surface area contributed by atoms with Gasteiger partial charge in [-0.25, -0.2) is 13.2 Å². The molecule has 4 amide bonds. The predicted octanol–water partition coefficient (Wildman–Crippen LogP) is 3.06. The van der Waals surface area contributed by atoms with Crippen LogP contribution in [0.5, 0.6) is 0 Å². The molecule has 2 heterocycles. The van der Waals surface area contributed by atoms with E-state index in [2.05, 4.69) is 20.5 Å². The number of oxime groups is 1. The number of carbonyl (C=O) groups is 4. The summed E-state index contributed by atoms with van der Waals surface area (Å²) in [4.78, 5) is 62.6. The van der Waals surface area contributed by atoms with Gasteiger partial charge in [0.15, 0.2) is 0 Å². The molecule has 5 atom stereocenters. The van der Waals surface area contributed by atoms with Crippen LogP contribution in [-0.4, -0.2) is 98.2 Å². The van der Waals surface area contributed by atoms with Gasteiger partial charge in [-0.2, -0.15) is 0 Å². The summed E-state index contributed by atoms with van der Waals surface area (Å²) in [5, 5.41) is 9.40. The van der Waals surface area contributed by atoms with Crippen LogP contribution in [0.25, 0.3) is 0 Å². The number of methoxy groups -OCH3 is 1. The minimum absolute atomic E-state index is 0.0100. The molecule has 0 unspecified atom stereocenters. The first-order chi connectivity index (χ1) is 24.6. The Bertz CT molecular complexity index is 1610. The highest BCUT2D eigenvalue weighted by atomic mass is 32.2. The largest absolute Gasteiger partial charge is 0.446 e. The van der Waals surface area contributed by atoms with Gasteiger partial charge in [-0.05, 0) is 64.2 Å². The van der Waals surface area contributed by atoms with Gasteiger partial charge in [0.25, 0.3) is 5.91 Å². The lowest BCUT2D eigenvalue weighted by molar-refractivity contribution is -0.141. The molecule has 1 aromatic carbocycles. The Morgan fingerprint density at radius 2 is 1.75 bits per heavy atom. The lowest BCUT2D eigenvalue weighted by atomic mass is 10.0. The number of fused-ring (bicyclic) bond motifs is 2. The number of hydrogen-bond acceptors (Lipinski definition) is 10. The van der Waals surface area contributed by atoms with Crippen LogP contribution in [0, 0.1) is 5.92 Å². The van der Waals surface area contributed by atoms with Crippen molar-refractivity contribution in [1.29, 1.82) is 0 Å². The molecule has 15 heteroatoms. The Kier molecular flexibility index (Phi) is 11.6. The number of nitrogens with one attached hydrogen (secondary N) is 3. The summed E-state index contributed by atoms with van der Waals surface area (Å²) in [6.45, 7) is 0.151. The summed E-state index contributed by atoms with van der Waals surface area (Å²) in [5.41, 5.74) is -0.177. The third kappa shape index (κ3) is 9.09. The predicted molar refractivity (Wildman–Crippen MR) is 187 cm³/mol. The van der Waals surface area contributed by atoms with E-state index in [1.54, 1.807) is 7.11 Å². The summed E-state index contributed by atoms with van der Waals surface area (Å²) in [6.07, 6.45) is 10.3. The van der Waals surface area contributed by atoms with Crippen molar-refractivity contribution < 1.29 is 41.9 Å². The van der Waals surface area contributed by atoms with Crippen LogP contribution in [0.2, 0.25) is 0 Å². The van der Waals surface area contributed by atoms with Gasteiger partial charge in [0.05, 0.1) is 18.4 Å². The van der Waals surface area contributed by atoms with E-state index in [9.17, 15) is 27.6 Å². The zero-order valence-corrected chi connectivity index (χ0v) is 29.9. The number of amides is 4. The van der Waals surface area contributed by atoms with Gasteiger partial charge in [0.2, 0.25) is 21.8 Å². The summed E-state index contributed by atoms with van der Waals surface area (Å²) >= 11 is 0. The summed E-state index contributed by atoms with van der Waals surface area (Å²) in [7, 11) is -2.33. The second-order valence-electron chi connectivity index (χ2n) is 14.3. The minimum Gasteiger partial charge on any atom is -0.446 e. The molecular formula is C36H49N5O9S. The maximum atomic E-state index is 14.4. The molecule has 6 rings (SSSR count). The first-order valence-corrected chi connectivity index (χ1v) is 19.7. The third-order valence-corrected chi connectivity index (χ3v) is 12.2. The summed E-state index contributed by atoms with van der Waals surface area (Å²) in [6, 6.07) is 7.30. The molecule has 3 saturated carbocycles. The summed E-state index contributed by atoms with van der Waals surface area (Å²) in [5.74, 6) is -2.28. The monoisotopic (exact) mass is 727 g/mol. The maximum absolute atomic E-state index is 14.4. The summed E-state index contributed by atoms with van der Waals surface area (Å²) < 4.78 is 38.7. The van der Waals surface area contributed by atoms with Crippen LogP contribution >= 0.6 is 0 Å². The van der Waals surface area contributed by atoms with E-state index in [0.29, 0.717) is 37.8 Å². The number of carbonyl (C=O) groups excluding carboxylic acids is 4. The van der Waals surface area contributed by atoms with Gasteiger partial charge in [0, 0.05) is 25.0 Å². The van der Waals surface area contributed by atoms with Crippen molar-refractivity contribution in [2.24, 2.45) is 11.1 Å². The van der Waals surface area contributed by atoms with Crippen molar-refractivity contribution >= 4 is 39.5 Å². The Hall–Kier alpha value is -3.98. The van der Waals surface area contributed by atoms with Crippen molar-refractivity contribution in [2.45, 2.75) is 119 Å². The number of rotatable bonds is 10. The lowest BCUT2D eigenvalue weighted by Gasteiger charge is -2.30. The molecular weight excluding hydrogens is 678 g/mol.